The molecule has 0 spiro atoms. The molecule has 3 aromatic rings. The fraction of sp³-hybridized carbons (Fsp3) is 0.100. The number of nitrogen functional groups attached to an aromatic ring is 1. The molecule has 3 rings (SSSR count). The minimum Gasteiger partial charge on any atom is -0.398 e. The molecule has 0 saturated heterocycles. The second kappa shape index (κ2) is 8.11. The molecule has 1 aromatic heterocycles. The average molecular weight is 411 g/mol. The van der Waals surface area contributed by atoms with Crippen molar-refractivity contribution in [2.24, 2.45) is 7.05 Å². The lowest BCUT2D eigenvalue weighted by molar-refractivity contribution is 0.101. The van der Waals surface area contributed by atoms with Crippen molar-refractivity contribution >= 4 is 34.9 Å². The van der Waals surface area contributed by atoms with Gasteiger partial charge in [-0.3, -0.25) is 14.9 Å². The van der Waals surface area contributed by atoms with Crippen molar-refractivity contribution < 1.29 is 13.6 Å². The molecule has 30 heavy (non-hydrogen) atoms. The number of amides is 1. The molecule has 10 heteroatoms. The lowest BCUT2D eigenvalue weighted by atomic mass is 10.0. The van der Waals surface area contributed by atoms with Crippen molar-refractivity contribution in [2.45, 2.75) is 0 Å². The highest BCUT2D eigenvalue weighted by atomic mass is 19.1. The van der Waals surface area contributed by atoms with Gasteiger partial charge in [0.1, 0.15) is 17.2 Å². The summed E-state index contributed by atoms with van der Waals surface area (Å²) >= 11 is 0. The van der Waals surface area contributed by atoms with Gasteiger partial charge < -0.3 is 21.8 Å². The van der Waals surface area contributed by atoms with Gasteiger partial charge in [-0.15, -0.1) is 0 Å². The van der Waals surface area contributed by atoms with Gasteiger partial charge in [0.15, 0.2) is 0 Å². The molecule has 0 atom stereocenters. The van der Waals surface area contributed by atoms with E-state index >= 15 is 0 Å². The molecule has 0 radical (unpaired) electrons. The highest BCUT2D eigenvalue weighted by Crippen LogP contribution is 2.26. The number of nitrogens with zero attached hydrogens (tertiary/aromatic N) is 2. The number of nitrogens with two attached hydrogens (primary N) is 1. The molecule has 0 bridgehead atoms. The van der Waals surface area contributed by atoms with E-state index in [2.05, 4.69) is 15.7 Å². The summed E-state index contributed by atoms with van der Waals surface area (Å²) in [6.07, 6.45) is 3.84. The third kappa shape index (κ3) is 3.75. The van der Waals surface area contributed by atoms with Gasteiger partial charge in [0.05, 0.1) is 17.5 Å². The van der Waals surface area contributed by atoms with Crippen LogP contribution in [0.1, 0.15) is 27.0 Å². The number of hydrogen-bond donors (Lipinski definition) is 5. The van der Waals surface area contributed by atoms with Crippen molar-refractivity contribution in [1.29, 1.82) is 10.8 Å². The smallest absolute Gasteiger partial charge is 0.261 e. The van der Waals surface area contributed by atoms with Gasteiger partial charge in [-0.05, 0) is 24.3 Å². The Labute approximate surface area is 170 Å². The van der Waals surface area contributed by atoms with Gasteiger partial charge >= 0.3 is 0 Å². The van der Waals surface area contributed by atoms with E-state index in [1.165, 1.54) is 36.1 Å². The topological polar surface area (TPSA) is 133 Å². The Hall–Kier alpha value is -4.08. The van der Waals surface area contributed by atoms with E-state index in [0.29, 0.717) is 23.0 Å². The van der Waals surface area contributed by atoms with Crippen LogP contribution in [0.5, 0.6) is 0 Å². The first-order valence-corrected chi connectivity index (χ1v) is 8.75. The number of carbonyl (C=O) groups excluding carboxylic acids is 1. The van der Waals surface area contributed by atoms with Gasteiger partial charge in [-0.2, -0.15) is 5.10 Å². The first-order valence-electron chi connectivity index (χ1n) is 8.75. The molecule has 0 aliphatic heterocycles. The second-order valence-corrected chi connectivity index (χ2v) is 6.44. The molecule has 2 aromatic carbocycles. The van der Waals surface area contributed by atoms with E-state index in [0.717, 1.165) is 6.07 Å². The van der Waals surface area contributed by atoms with Gasteiger partial charge in [-0.1, -0.05) is 0 Å². The van der Waals surface area contributed by atoms with Crippen LogP contribution in [-0.4, -0.2) is 34.7 Å². The van der Waals surface area contributed by atoms with Crippen molar-refractivity contribution in [3.8, 4) is 0 Å². The van der Waals surface area contributed by atoms with Crippen molar-refractivity contribution in [1.82, 2.24) is 9.78 Å². The van der Waals surface area contributed by atoms with E-state index < -0.39 is 23.1 Å². The maximum Gasteiger partial charge on any atom is 0.261 e. The summed E-state index contributed by atoms with van der Waals surface area (Å²) in [6.45, 7) is 0. The summed E-state index contributed by atoms with van der Waals surface area (Å²) in [4.78, 5) is 12.6. The fourth-order valence-electron chi connectivity index (χ4n) is 2.94. The fourth-order valence-corrected chi connectivity index (χ4v) is 2.94. The van der Waals surface area contributed by atoms with Crippen LogP contribution in [0.15, 0.2) is 36.7 Å². The van der Waals surface area contributed by atoms with Crippen LogP contribution in [0.2, 0.25) is 0 Å². The van der Waals surface area contributed by atoms with Crippen LogP contribution in [0.25, 0.3) is 0 Å². The normalized spacial score (nSPS) is 10.5. The predicted octanol–water partition coefficient (Wildman–Crippen LogP) is 2.99. The van der Waals surface area contributed by atoms with E-state index in [-0.39, 0.29) is 22.6 Å². The molecule has 0 unspecified atom stereocenters. The Morgan fingerprint density at radius 2 is 2.03 bits per heavy atom. The van der Waals surface area contributed by atoms with Crippen LogP contribution in [0.3, 0.4) is 0 Å². The van der Waals surface area contributed by atoms with Crippen LogP contribution >= 0.6 is 0 Å². The van der Waals surface area contributed by atoms with Gasteiger partial charge in [0.2, 0.25) is 0 Å². The quantitative estimate of drug-likeness (QED) is 0.315. The molecule has 6 N–H and O–H groups in total. The average Bonchev–Trinajstić information content (AvgIpc) is 3.14. The minimum atomic E-state index is -1.15. The van der Waals surface area contributed by atoms with Crippen molar-refractivity contribution in [3.05, 3.63) is 70.5 Å². The van der Waals surface area contributed by atoms with Gasteiger partial charge in [0, 0.05) is 54.7 Å². The van der Waals surface area contributed by atoms with Gasteiger partial charge in [-0.25, -0.2) is 8.78 Å². The molecule has 0 aliphatic rings. The Bertz CT molecular complexity index is 1170. The molecule has 1 heterocycles. The number of carbonyl (C=O) groups is 1. The first kappa shape index (κ1) is 20.6. The number of aryl methyl sites for hydroxylation is 1. The number of aromatic nitrogens is 2. The van der Waals surface area contributed by atoms with Gasteiger partial charge in [0.25, 0.3) is 5.91 Å². The Morgan fingerprint density at radius 1 is 1.30 bits per heavy atom. The molecule has 0 aliphatic carbocycles. The Morgan fingerprint density at radius 3 is 2.63 bits per heavy atom. The third-order valence-corrected chi connectivity index (χ3v) is 4.47. The molecule has 0 saturated carbocycles. The highest BCUT2D eigenvalue weighted by molar-refractivity contribution is 6.14. The maximum absolute atomic E-state index is 14.7. The number of nitrogens with one attached hydrogen (secondary N) is 4. The number of anilines is 3. The van der Waals surface area contributed by atoms with Crippen LogP contribution < -0.4 is 16.4 Å². The predicted molar refractivity (Wildman–Crippen MR) is 112 cm³/mol. The van der Waals surface area contributed by atoms with E-state index in [1.807, 2.05) is 0 Å². The minimum absolute atomic E-state index is 0.0521. The molecular formula is C20H19F2N7O. The zero-order valence-corrected chi connectivity index (χ0v) is 16.2. The largest absolute Gasteiger partial charge is 0.398 e. The zero-order chi connectivity index (χ0) is 22.0. The summed E-state index contributed by atoms with van der Waals surface area (Å²) in [5, 5.41) is 24.7. The number of benzene rings is 2. The maximum atomic E-state index is 14.7. The Balaban J connectivity index is 1.95. The highest BCUT2D eigenvalue weighted by Gasteiger charge is 2.23. The summed E-state index contributed by atoms with van der Waals surface area (Å²) in [5.74, 6) is -3.25. The summed E-state index contributed by atoms with van der Waals surface area (Å²) in [6, 6.07) is 5.33. The van der Waals surface area contributed by atoms with Crippen LogP contribution in [0, 0.1) is 22.5 Å². The molecule has 0 fully saturated rings. The second-order valence-electron chi connectivity index (χ2n) is 6.44. The third-order valence-electron chi connectivity index (χ3n) is 4.47. The summed E-state index contributed by atoms with van der Waals surface area (Å²) < 4.78 is 30.6. The molecular weight excluding hydrogens is 392 g/mol. The van der Waals surface area contributed by atoms with E-state index in [1.54, 1.807) is 13.2 Å². The van der Waals surface area contributed by atoms with E-state index in [9.17, 15) is 13.6 Å². The van der Waals surface area contributed by atoms with Crippen molar-refractivity contribution in [3.63, 3.8) is 0 Å². The monoisotopic (exact) mass is 411 g/mol. The molecule has 1 amide bonds. The molecule has 154 valence electrons. The lowest BCUT2D eigenvalue weighted by Crippen LogP contribution is -2.18. The van der Waals surface area contributed by atoms with Crippen LogP contribution in [0.4, 0.5) is 25.8 Å². The van der Waals surface area contributed by atoms with Crippen molar-refractivity contribution in [2.75, 3.05) is 23.4 Å². The standard InChI is InChI=1S/C20H19F2N7O/c1-26-16-6-14(21)17(18(22)13(16)7-23)20(30)28-11-3-4-15(24)12(5-11)19(25)10-8-27-29(2)9-10/h3-9,23,25-26H,24H2,1-2H3,(H,28,30). The van der Waals surface area contributed by atoms with Crippen LogP contribution in [-0.2, 0) is 7.05 Å². The SMILES string of the molecule is CNc1cc(F)c(C(=O)Nc2ccc(N)c(C(=N)c3cnn(C)c3)c2)c(F)c1C=N. The lowest BCUT2D eigenvalue weighted by Gasteiger charge is -2.13. The zero-order valence-electron chi connectivity index (χ0n) is 16.2. The Kier molecular flexibility index (Phi) is 5.58. The first-order chi connectivity index (χ1) is 14.3. The van der Waals surface area contributed by atoms with E-state index in [4.69, 9.17) is 16.6 Å². The summed E-state index contributed by atoms with van der Waals surface area (Å²) in [5.41, 5.74) is 6.39. The summed E-state index contributed by atoms with van der Waals surface area (Å²) in [7, 11) is 3.16. The molecule has 8 nitrogen and oxygen atoms in total. The number of hydrogen-bond acceptors (Lipinski definition) is 6. The number of halogens is 2. The number of rotatable bonds is 6.